The summed E-state index contributed by atoms with van der Waals surface area (Å²) in [6.07, 6.45) is 2.58. The zero-order valence-corrected chi connectivity index (χ0v) is 14.5. The SMILES string of the molecule is O=C(c1ccc(Br)cc1)N1CCN(CC2CCNCC2)CC1. The number of rotatable bonds is 3. The Morgan fingerprint density at radius 2 is 1.73 bits per heavy atom. The lowest BCUT2D eigenvalue weighted by Gasteiger charge is -2.37. The molecule has 2 heterocycles. The summed E-state index contributed by atoms with van der Waals surface area (Å²) in [6.45, 7) is 7.22. The number of piperidine rings is 1. The second kappa shape index (κ2) is 7.57. The summed E-state index contributed by atoms with van der Waals surface area (Å²) >= 11 is 3.41. The van der Waals surface area contributed by atoms with Crippen LogP contribution in [0.15, 0.2) is 28.7 Å². The van der Waals surface area contributed by atoms with Gasteiger partial charge in [0.05, 0.1) is 0 Å². The minimum Gasteiger partial charge on any atom is -0.336 e. The monoisotopic (exact) mass is 365 g/mol. The third kappa shape index (κ3) is 4.09. The molecule has 1 N–H and O–H groups in total. The predicted octanol–water partition coefficient (Wildman–Crippen LogP) is 2.21. The van der Waals surface area contributed by atoms with Crippen LogP contribution in [0.2, 0.25) is 0 Å². The summed E-state index contributed by atoms with van der Waals surface area (Å²) in [4.78, 5) is 17.0. The molecule has 1 aromatic rings. The highest BCUT2D eigenvalue weighted by Gasteiger charge is 2.24. The molecule has 4 nitrogen and oxygen atoms in total. The van der Waals surface area contributed by atoms with Crippen molar-refractivity contribution < 1.29 is 4.79 Å². The van der Waals surface area contributed by atoms with Gasteiger partial charge >= 0.3 is 0 Å². The molecule has 2 aliphatic rings. The number of nitrogens with one attached hydrogen (secondary N) is 1. The standard InChI is InChI=1S/C17H24BrN3O/c18-16-3-1-15(2-4-16)17(22)21-11-9-20(10-12-21)13-14-5-7-19-8-6-14/h1-4,14,19H,5-13H2. The van der Waals surface area contributed by atoms with E-state index >= 15 is 0 Å². The van der Waals surface area contributed by atoms with Crippen LogP contribution < -0.4 is 5.32 Å². The van der Waals surface area contributed by atoms with Crippen molar-refractivity contribution in [3.05, 3.63) is 34.3 Å². The molecule has 1 amide bonds. The number of amides is 1. The van der Waals surface area contributed by atoms with Gasteiger partial charge in [0.25, 0.3) is 5.91 Å². The average Bonchev–Trinajstić information content (AvgIpc) is 2.57. The molecule has 0 bridgehead atoms. The fourth-order valence-electron chi connectivity index (χ4n) is 3.34. The molecule has 0 atom stereocenters. The molecule has 22 heavy (non-hydrogen) atoms. The number of carbonyl (C=O) groups excluding carboxylic acids is 1. The Bertz CT molecular complexity index is 491. The number of hydrogen-bond acceptors (Lipinski definition) is 3. The molecule has 0 aliphatic carbocycles. The van der Waals surface area contributed by atoms with Crippen molar-refractivity contribution in [1.29, 1.82) is 0 Å². The molecule has 0 spiro atoms. The van der Waals surface area contributed by atoms with Gasteiger partial charge in [0, 0.05) is 42.8 Å². The summed E-state index contributed by atoms with van der Waals surface area (Å²) in [7, 11) is 0. The normalized spacial score (nSPS) is 21.0. The summed E-state index contributed by atoms with van der Waals surface area (Å²) < 4.78 is 1.01. The van der Waals surface area contributed by atoms with Gasteiger partial charge in [-0.25, -0.2) is 0 Å². The van der Waals surface area contributed by atoms with E-state index in [0.717, 1.165) is 55.2 Å². The molecule has 0 unspecified atom stereocenters. The Balaban J connectivity index is 1.48. The van der Waals surface area contributed by atoms with Crippen LogP contribution in [-0.4, -0.2) is 61.5 Å². The number of nitrogens with zero attached hydrogens (tertiary/aromatic N) is 2. The van der Waals surface area contributed by atoms with Crippen LogP contribution in [0.1, 0.15) is 23.2 Å². The summed E-state index contributed by atoms with van der Waals surface area (Å²) in [5.41, 5.74) is 0.787. The lowest BCUT2D eigenvalue weighted by molar-refractivity contribution is 0.0608. The first-order chi connectivity index (χ1) is 10.7. The molecule has 5 heteroatoms. The second-order valence-corrected chi connectivity index (χ2v) is 7.21. The minimum absolute atomic E-state index is 0.161. The van der Waals surface area contributed by atoms with Crippen molar-refractivity contribution in [3.63, 3.8) is 0 Å². The zero-order valence-electron chi connectivity index (χ0n) is 12.9. The predicted molar refractivity (Wildman–Crippen MR) is 92.1 cm³/mol. The van der Waals surface area contributed by atoms with Crippen LogP contribution >= 0.6 is 15.9 Å². The number of hydrogen-bond donors (Lipinski definition) is 1. The van der Waals surface area contributed by atoms with Gasteiger partial charge in [-0.3, -0.25) is 9.69 Å². The third-order valence-corrected chi connectivity index (χ3v) is 5.25. The van der Waals surface area contributed by atoms with Crippen molar-refractivity contribution in [1.82, 2.24) is 15.1 Å². The smallest absolute Gasteiger partial charge is 0.253 e. The molecular weight excluding hydrogens is 342 g/mol. The van der Waals surface area contributed by atoms with Crippen molar-refractivity contribution in [2.45, 2.75) is 12.8 Å². The number of piperazine rings is 1. The first-order valence-electron chi connectivity index (χ1n) is 8.20. The van der Waals surface area contributed by atoms with Crippen LogP contribution in [0.3, 0.4) is 0 Å². The summed E-state index contributed by atoms with van der Waals surface area (Å²) in [5.74, 6) is 0.990. The van der Waals surface area contributed by atoms with Crippen LogP contribution in [-0.2, 0) is 0 Å². The molecule has 2 fully saturated rings. The molecule has 0 saturated carbocycles. The Kier molecular flexibility index (Phi) is 5.50. The maximum atomic E-state index is 12.5. The second-order valence-electron chi connectivity index (χ2n) is 6.29. The highest BCUT2D eigenvalue weighted by Crippen LogP contribution is 2.16. The van der Waals surface area contributed by atoms with E-state index in [2.05, 4.69) is 26.1 Å². The van der Waals surface area contributed by atoms with Gasteiger partial charge in [0.1, 0.15) is 0 Å². The van der Waals surface area contributed by atoms with E-state index in [1.54, 1.807) is 0 Å². The Morgan fingerprint density at radius 3 is 2.36 bits per heavy atom. The quantitative estimate of drug-likeness (QED) is 0.891. The van der Waals surface area contributed by atoms with Gasteiger partial charge in [-0.2, -0.15) is 0 Å². The Hall–Kier alpha value is -0.910. The van der Waals surface area contributed by atoms with E-state index in [4.69, 9.17) is 0 Å². The van der Waals surface area contributed by atoms with Crippen LogP contribution in [0.5, 0.6) is 0 Å². The molecular formula is C17H24BrN3O. The van der Waals surface area contributed by atoms with Gasteiger partial charge in [-0.1, -0.05) is 15.9 Å². The average molecular weight is 366 g/mol. The molecule has 120 valence electrons. The maximum absolute atomic E-state index is 12.5. The number of carbonyl (C=O) groups is 1. The lowest BCUT2D eigenvalue weighted by Crippen LogP contribution is -2.50. The molecule has 2 saturated heterocycles. The third-order valence-electron chi connectivity index (χ3n) is 4.73. The van der Waals surface area contributed by atoms with E-state index in [0.29, 0.717) is 0 Å². The van der Waals surface area contributed by atoms with Crippen LogP contribution in [0.4, 0.5) is 0 Å². The highest BCUT2D eigenvalue weighted by molar-refractivity contribution is 9.10. The zero-order chi connectivity index (χ0) is 15.4. The fourth-order valence-corrected chi connectivity index (χ4v) is 3.60. The van der Waals surface area contributed by atoms with Gasteiger partial charge < -0.3 is 10.2 Å². The first kappa shape index (κ1) is 16.0. The van der Waals surface area contributed by atoms with E-state index < -0.39 is 0 Å². The number of benzene rings is 1. The fraction of sp³-hybridized carbons (Fsp3) is 0.588. The lowest BCUT2D eigenvalue weighted by atomic mass is 9.97. The van der Waals surface area contributed by atoms with Crippen LogP contribution in [0, 0.1) is 5.92 Å². The van der Waals surface area contributed by atoms with Gasteiger partial charge in [0.2, 0.25) is 0 Å². The first-order valence-corrected chi connectivity index (χ1v) is 8.99. The van der Waals surface area contributed by atoms with E-state index in [9.17, 15) is 4.79 Å². The van der Waals surface area contributed by atoms with Gasteiger partial charge in [-0.05, 0) is 56.1 Å². The van der Waals surface area contributed by atoms with Crippen molar-refractivity contribution in [2.24, 2.45) is 5.92 Å². The van der Waals surface area contributed by atoms with Crippen molar-refractivity contribution >= 4 is 21.8 Å². The van der Waals surface area contributed by atoms with Crippen molar-refractivity contribution in [2.75, 3.05) is 45.8 Å². The number of halogens is 1. The molecule has 0 aromatic heterocycles. The van der Waals surface area contributed by atoms with E-state index in [1.807, 2.05) is 29.2 Å². The summed E-state index contributed by atoms with van der Waals surface area (Å²) in [6, 6.07) is 7.66. The van der Waals surface area contributed by atoms with E-state index in [-0.39, 0.29) is 5.91 Å². The van der Waals surface area contributed by atoms with Gasteiger partial charge in [0.15, 0.2) is 0 Å². The topological polar surface area (TPSA) is 35.6 Å². The molecule has 0 radical (unpaired) electrons. The Morgan fingerprint density at radius 1 is 1.09 bits per heavy atom. The largest absolute Gasteiger partial charge is 0.336 e. The molecule has 2 aliphatic heterocycles. The molecule has 1 aromatic carbocycles. The Labute approximate surface area is 141 Å². The highest BCUT2D eigenvalue weighted by atomic mass is 79.9. The van der Waals surface area contributed by atoms with Gasteiger partial charge in [-0.15, -0.1) is 0 Å². The van der Waals surface area contributed by atoms with Crippen LogP contribution in [0.25, 0.3) is 0 Å². The maximum Gasteiger partial charge on any atom is 0.253 e. The summed E-state index contributed by atoms with van der Waals surface area (Å²) in [5, 5.41) is 3.42. The van der Waals surface area contributed by atoms with E-state index in [1.165, 1.54) is 19.4 Å². The molecule has 3 rings (SSSR count). The van der Waals surface area contributed by atoms with Crippen molar-refractivity contribution in [3.8, 4) is 0 Å². The minimum atomic E-state index is 0.161.